The Labute approximate surface area is 76.3 Å². The average Bonchev–Trinajstić information content (AvgIpc) is 2.34. The van der Waals surface area contributed by atoms with Crippen LogP contribution < -0.4 is 5.14 Å². The van der Waals surface area contributed by atoms with E-state index in [2.05, 4.69) is 10.2 Å². The summed E-state index contributed by atoms with van der Waals surface area (Å²) in [6.45, 7) is 0.120. The van der Waals surface area contributed by atoms with Crippen molar-refractivity contribution < 1.29 is 8.42 Å². The van der Waals surface area contributed by atoms with Gasteiger partial charge in [0.2, 0.25) is 0 Å². The lowest BCUT2D eigenvalue weighted by Gasteiger charge is -2.11. The number of aryl methyl sites for hydroxylation is 1. The largest absolute Gasteiger partial charge is 0.320 e. The Kier molecular flexibility index (Phi) is 2.64. The molecule has 2 N–H and O–H groups in total. The van der Waals surface area contributed by atoms with Gasteiger partial charge in [0, 0.05) is 14.1 Å². The fourth-order valence-corrected chi connectivity index (χ4v) is 1.03. The lowest BCUT2D eigenvalue weighted by molar-refractivity contribution is 0.451. The molecule has 0 aromatic carbocycles. The van der Waals surface area contributed by atoms with Crippen LogP contribution in [-0.2, 0) is 23.8 Å². The van der Waals surface area contributed by atoms with Gasteiger partial charge in [-0.05, 0) is 0 Å². The van der Waals surface area contributed by atoms with Gasteiger partial charge >= 0.3 is 0 Å². The van der Waals surface area contributed by atoms with Crippen LogP contribution >= 0.6 is 0 Å². The van der Waals surface area contributed by atoms with Crippen molar-refractivity contribution in [2.45, 2.75) is 6.54 Å². The lowest BCUT2D eigenvalue weighted by atomic mass is 10.6. The Morgan fingerprint density at radius 1 is 1.69 bits per heavy atom. The summed E-state index contributed by atoms with van der Waals surface area (Å²) >= 11 is 0. The summed E-state index contributed by atoms with van der Waals surface area (Å²) in [7, 11) is -0.536. The Hall–Kier alpha value is -0.990. The minimum atomic E-state index is -3.64. The van der Waals surface area contributed by atoms with E-state index in [1.54, 1.807) is 11.6 Å². The van der Waals surface area contributed by atoms with Gasteiger partial charge in [-0.3, -0.25) is 0 Å². The Morgan fingerprint density at radius 2 is 2.31 bits per heavy atom. The number of hydrogen-bond donors (Lipinski definition) is 1. The first kappa shape index (κ1) is 10.1. The molecule has 74 valence electrons. The summed E-state index contributed by atoms with van der Waals surface area (Å²) < 4.78 is 24.3. The maximum absolute atomic E-state index is 10.8. The molecule has 1 heterocycles. The molecule has 8 heteroatoms. The van der Waals surface area contributed by atoms with Crippen molar-refractivity contribution in [1.29, 1.82) is 0 Å². The van der Waals surface area contributed by atoms with Gasteiger partial charge in [-0.25, -0.2) is 5.14 Å². The number of aromatic nitrogens is 3. The summed E-state index contributed by atoms with van der Waals surface area (Å²) in [5.74, 6) is 0.538. The zero-order valence-corrected chi connectivity index (χ0v) is 8.19. The topological polar surface area (TPSA) is 94.1 Å². The second-order valence-electron chi connectivity index (χ2n) is 2.66. The molecule has 1 rings (SSSR count). The number of hydrogen-bond acceptors (Lipinski definition) is 4. The second-order valence-corrected chi connectivity index (χ2v) is 4.31. The number of nitrogens with zero attached hydrogens (tertiary/aromatic N) is 4. The van der Waals surface area contributed by atoms with Gasteiger partial charge in [0.15, 0.2) is 0 Å². The van der Waals surface area contributed by atoms with Crippen molar-refractivity contribution in [1.82, 2.24) is 19.1 Å². The molecule has 1 aromatic rings. The van der Waals surface area contributed by atoms with Gasteiger partial charge in [-0.15, -0.1) is 10.2 Å². The van der Waals surface area contributed by atoms with Crippen LogP contribution in [0, 0.1) is 0 Å². The molecule has 0 unspecified atom stereocenters. The van der Waals surface area contributed by atoms with Gasteiger partial charge in [0.05, 0.1) is 6.54 Å². The molecule has 0 bridgehead atoms. The summed E-state index contributed by atoms with van der Waals surface area (Å²) in [5, 5.41) is 12.2. The van der Waals surface area contributed by atoms with E-state index in [1.165, 1.54) is 13.4 Å². The second kappa shape index (κ2) is 3.40. The third-order valence-corrected chi connectivity index (χ3v) is 2.60. The van der Waals surface area contributed by atoms with E-state index in [0.717, 1.165) is 4.31 Å². The van der Waals surface area contributed by atoms with E-state index in [-0.39, 0.29) is 6.54 Å². The quantitative estimate of drug-likeness (QED) is 0.646. The zero-order valence-electron chi connectivity index (χ0n) is 7.38. The van der Waals surface area contributed by atoms with E-state index in [0.29, 0.717) is 5.82 Å². The minimum absolute atomic E-state index is 0.120. The molecule has 0 saturated carbocycles. The van der Waals surface area contributed by atoms with Crippen LogP contribution in [0.25, 0.3) is 0 Å². The first-order valence-corrected chi connectivity index (χ1v) is 4.98. The third kappa shape index (κ3) is 2.47. The van der Waals surface area contributed by atoms with Crippen molar-refractivity contribution in [3.05, 3.63) is 12.2 Å². The van der Waals surface area contributed by atoms with Crippen LogP contribution in [0.4, 0.5) is 0 Å². The minimum Gasteiger partial charge on any atom is -0.320 e. The smallest absolute Gasteiger partial charge is 0.277 e. The maximum atomic E-state index is 10.8. The van der Waals surface area contributed by atoms with Crippen molar-refractivity contribution >= 4 is 10.2 Å². The van der Waals surface area contributed by atoms with Crippen molar-refractivity contribution in [3.8, 4) is 0 Å². The Balaban J connectivity index is 2.77. The van der Waals surface area contributed by atoms with Crippen LogP contribution in [0.5, 0.6) is 0 Å². The standard InChI is InChI=1S/C5H11N5O2S/c1-9-4-7-8-5(9)3-10(2)13(6,11)12/h4H,3H2,1-2H3,(H2,6,11,12). The molecule has 1 aromatic heterocycles. The first-order valence-electron chi connectivity index (χ1n) is 3.48. The molecule has 0 saturated heterocycles. The molecule has 0 aliphatic heterocycles. The van der Waals surface area contributed by atoms with Gasteiger partial charge in [-0.1, -0.05) is 0 Å². The van der Waals surface area contributed by atoms with Crippen molar-refractivity contribution in [2.24, 2.45) is 12.2 Å². The highest BCUT2D eigenvalue weighted by atomic mass is 32.2. The highest BCUT2D eigenvalue weighted by Gasteiger charge is 2.14. The zero-order chi connectivity index (χ0) is 10.1. The highest BCUT2D eigenvalue weighted by molar-refractivity contribution is 7.86. The van der Waals surface area contributed by atoms with Crippen LogP contribution in [0.1, 0.15) is 5.82 Å². The molecular weight excluding hydrogens is 194 g/mol. The molecule has 0 spiro atoms. The monoisotopic (exact) mass is 205 g/mol. The molecule has 0 radical (unpaired) electrons. The molecular formula is C5H11N5O2S. The Morgan fingerprint density at radius 3 is 2.69 bits per heavy atom. The lowest BCUT2D eigenvalue weighted by Crippen LogP contribution is -2.33. The van der Waals surface area contributed by atoms with E-state index < -0.39 is 10.2 Å². The number of nitrogens with two attached hydrogens (primary N) is 1. The van der Waals surface area contributed by atoms with Gasteiger partial charge < -0.3 is 4.57 Å². The molecule has 0 fully saturated rings. The summed E-state index contributed by atoms with van der Waals surface area (Å²) in [6.07, 6.45) is 1.49. The van der Waals surface area contributed by atoms with Gasteiger partial charge in [0.1, 0.15) is 12.2 Å². The van der Waals surface area contributed by atoms with Crippen molar-refractivity contribution in [2.75, 3.05) is 7.05 Å². The highest BCUT2D eigenvalue weighted by Crippen LogP contribution is 1.99. The van der Waals surface area contributed by atoms with Gasteiger partial charge in [0.25, 0.3) is 10.2 Å². The molecule has 7 nitrogen and oxygen atoms in total. The van der Waals surface area contributed by atoms with E-state index in [9.17, 15) is 8.42 Å². The van der Waals surface area contributed by atoms with Crippen molar-refractivity contribution in [3.63, 3.8) is 0 Å². The number of rotatable bonds is 3. The first-order chi connectivity index (χ1) is 5.91. The summed E-state index contributed by atoms with van der Waals surface area (Å²) in [5.41, 5.74) is 0. The SMILES string of the molecule is CN(Cc1nncn1C)S(N)(=O)=O. The molecule has 13 heavy (non-hydrogen) atoms. The van der Waals surface area contributed by atoms with Crippen LogP contribution in [0.3, 0.4) is 0 Å². The fraction of sp³-hybridized carbons (Fsp3) is 0.600. The van der Waals surface area contributed by atoms with E-state index >= 15 is 0 Å². The van der Waals surface area contributed by atoms with E-state index in [1.807, 2.05) is 0 Å². The Bertz CT molecular complexity index is 383. The summed E-state index contributed by atoms with van der Waals surface area (Å²) in [6, 6.07) is 0. The molecule has 0 amide bonds. The summed E-state index contributed by atoms with van der Waals surface area (Å²) in [4.78, 5) is 0. The van der Waals surface area contributed by atoms with E-state index in [4.69, 9.17) is 5.14 Å². The third-order valence-electron chi connectivity index (χ3n) is 1.60. The fourth-order valence-electron chi connectivity index (χ4n) is 0.739. The molecule has 0 aliphatic carbocycles. The molecule has 0 atom stereocenters. The van der Waals surface area contributed by atoms with Crippen LogP contribution in [-0.4, -0.2) is 34.5 Å². The normalized spacial score (nSPS) is 12.3. The predicted molar refractivity (Wildman–Crippen MR) is 45.6 cm³/mol. The average molecular weight is 205 g/mol. The van der Waals surface area contributed by atoms with Crippen LogP contribution in [0.15, 0.2) is 6.33 Å². The van der Waals surface area contributed by atoms with Crippen LogP contribution in [0.2, 0.25) is 0 Å². The van der Waals surface area contributed by atoms with Gasteiger partial charge in [-0.2, -0.15) is 12.7 Å². The molecule has 0 aliphatic rings. The maximum Gasteiger partial charge on any atom is 0.277 e. The predicted octanol–water partition coefficient (Wildman–Crippen LogP) is -1.55.